The Kier molecular flexibility index (Phi) is 6.37. The van der Waals surface area contributed by atoms with E-state index in [9.17, 15) is 4.79 Å². The van der Waals surface area contributed by atoms with E-state index in [1.807, 2.05) is 53.4 Å². The molecule has 0 bridgehead atoms. The molecular weight excluding hydrogens is 512 g/mol. The first kappa shape index (κ1) is 20.9. The summed E-state index contributed by atoms with van der Waals surface area (Å²) in [6.45, 7) is 4.12. The number of benzene rings is 2. The van der Waals surface area contributed by atoms with Crippen LogP contribution in [-0.2, 0) is 9.67 Å². The minimum absolute atomic E-state index is 0.0530. The average molecular weight is 530 g/mol. The van der Waals surface area contributed by atoms with Crippen molar-refractivity contribution in [1.29, 1.82) is 0 Å². The van der Waals surface area contributed by atoms with Crippen LogP contribution in [0.15, 0.2) is 48.5 Å². The highest BCUT2D eigenvalue weighted by molar-refractivity contribution is 14.1. The van der Waals surface area contributed by atoms with Crippen LogP contribution in [0.3, 0.4) is 0 Å². The zero-order valence-corrected chi connectivity index (χ0v) is 19.3. The molecule has 0 radical (unpaired) electrons. The van der Waals surface area contributed by atoms with E-state index in [-0.39, 0.29) is 17.1 Å². The molecule has 2 unspecified atom stereocenters. The van der Waals surface area contributed by atoms with E-state index in [1.165, 1.54) is 0 Å². The van der Waals surface area contributed by atoms with Gasteiger partial charge in [-0.3, -0.25) is 9.69 Å². The summed E-state index contributed by atoms with van der Waals surface area (Å²) in [4.78, 5) is 14.5. The fourth-order valence-electron chi connectivity index (χ4n) is 3.28. The van der Waals surface area contributed by atoms with E-state index < -0.39 is 8.92 Å². The van der Waals surface area contributed by atoms with Crippen molar-refractivity contribution >= 4 is 63.5 Å². The zero-order valence-electron chi connectivity index (χ0n) is 14.8. The van der Waals surface area contributed by atoms with Crippen molar-refractivity contribution in [3.05, 3.63) is 69.7 Å². The standard InChI is InChI=1S/C21H18Cl2INOS/c1-4-18(24)25-20(26)19(13(2)3)27-21(25,14-5-9-16(22)10-6-14)15-7-11-17(23)12-8-15/h1,5-13,18-19H,2-3H3. The van der Waals surface area contributed by atoms with Crippen molar-refractivity contribution in [2.24, 2.45) is 5.92 Å². The predicted octanol–water partition coefficient (Wildman–Crippen LogP) is 6.19. The highest BCUT2D eigenvalue weighted by atomic mass is 127. The van der Waals surface area contributed by atoms with Crippen LogP contribution in [0.4, 0.5) is 0 Å². The van der Waals surface area contributed by atoms with Gasteiger partial charge in [0.15, 0.2) is 0 Å². The van der Waals surface area contributed by atoms with Gasteiger partial charge >= 0.3 is 0 Å². The van der Waals surface area contributed by atoms with Crippen LogP contribution in [0.5, 0.6) is 0 Å². The number of thioether (sulfide) groups is 1. The van der Waals surface area contributed by atoms with Crippen LogP contribution in [-0.4, -0.2) is 20.1 Å². The summed E-state index contributed by atoms with van der Waals surface area (Å²) in [5.74, 6) is 2.97. The van der Waals surface area contributed by atoms with Crippen molar-refractivity contribution in [1.82, 2.24) is 4.90 Å². The number of alkyl halides is 1. The summed E-state index contributed by atoms with van der Waals surface area (Å²) in [5.41, 5.74) is 1.93. The normalized spacial score (nSPS) is 20.0. The summed E-state index contributed by atoms with van der Waals surface area (Å²) < 4.78 is -0.391. The Balaban J connectivity index is 2.30. The molecule has 0 saturated carbocycles. The molecule has 1 fully saturated rings. The SMILES string of the molecule is C#CC(I)N1C(=O)C(C(C)C)SC1(c1ccc(Cl)cc1)c1ccc(Cl)cc1. The van der Waals surface area contributed by atoms with Gasteiger partial charge in [0.25, 0.3) is 0 Å². The van der Waals surface area contributed by atoms with Gasteiger partial charge in [-0.15, -0.1) is 18.2 Å². The number of hydrogen-bond acceptors (Lipinski definition) is 2. The fraction of sp³-hybridized carbons (Fsp3) is 0.286. The zero-order chi connectivity index (χ0) is 19.8. The molecule has 1 aliphatic heterocycles. The van der Waals surface area contributed by atoms with Gasteiger partial charge in [0.2, 0.25) is 5.91 Å². The number of amides is 1. The maximum Gasteiger partial charge on any atom is 0.239 e. The summed E-state index contributed by atoms with van der Waals surface area (Å²) in [6, 6.07) is 15.2. The Morgan fingerprint density at radius 3 is 1.89 bits per heavy atom. The Morgan fingerprint density at radius 2 is 1.52 bits per heavy atom. The quantitative estimate of drug-likeness (QED) is 0.204. The van der Waals surface area contributed by atoms with Crippen LogP contribution in [0.2, 0.25) is 10.0 Å². The smallest absolute Gasteiger partial charge is 0.239 e. The summed E-state index contributed by atoms with van der Waals surface area (Å²) in [5, 5.41) is 1.10. The van der Waals surface area contributed by atoms with Gasteiger partial charge in [-0.25, -0.2) is 0 Å². The molecule has 2 aromatic carbocycles. The van der Waals surface area contributed by atoms with Crippen LogP contribution in [0.1, 0.15) is 25.0 Å². The molecule has 1 aliphatic rings. The second-order valence-electron chi connectivity index (χ2n) is 6.65. The van der Waals surface area contributed by atoms with Crippen molar-refractivity contribution in [3.63, 3.8) is 0 Å². The van der Waals surface area contributed by atoms with E-state index in [1.54, 1.807) is 11.8 Å². The fourth-order valence-corrected chi connectivity index (χ4v) is 6.12. The monoisotopic (exact) mass is 529 g/mol. The molecule has 0 aliphatic carbocycles. The van der Waals surface area contributed by atoms with E-state index in [4.69, 9.17) is 29.6 Å². The van der Waals surface area contributed by atoms with Crippen LogP contribution in [0.25, 0.3) is 0 Å². The maximum atomic E-state index is 13.4. The highest BCUT2D eigenvalue weighted by Crippen LogP contribution is 2.56. The number of halogens is 3. The molecule has 2 nitrogen and oxygen atoms in total. The van der Waals surface area contributed by atoms with Crippen molar-refractivity contribution in [2.45, 2.75) is 28.0 Å². The Bertz CT molecular complexity index is 831. The Hall–Kier alpha value is -0.870. The first-order valence-corrected chi connectivity index (χ1v) is 11.3. The topological polar surface area (TPSA) is 20.3 Å². The van der Waals surface area contributed by atoms with Gasteiger partial charge in [0.1, 0.15) is 8.92 Å². The number of hydrogen-bond donors (Lipinski definition) is 0. The highest BCUT2D eigenvalue weighted by Gasteiger charge is 2.56. The van der Waals surface area contributed by atoms with Crippen LogP contribution < -0.4 is 0 Å². The molecule has 27 heavy (non-hydrogen) atoms. The maximum absolute atomic E-state index is 13.4. The molecule has 2 aromatic rings. The molecule has 1 amide bonds. The van der Waals surface area contributed by atoms with Crippen LogP contribution >= 0.6 is 57.6 Å². The first-order valence-electron chi connectivity index (χ1n) is 8.44. The molecule has 1 saturated heterocycles. The molecule has 0 aromatic heterocycles. The van der Waals surface area contributed by atoms with E-state index in [0.717, 1.165) is 11.1 Å². The third kappa shape index (κ3) is 3.72. The van der Waals surface area contributed by atoms with Gasteiger partial charge in [-0.1, -0.05) is 67.2 Å². The van der Waals surface area contributed by atoms with E-state index in [2.05, 4.69) is 42.4 Å². The lowest BCUT2D eigenvalue weighted by atomic mass is 9.95. The molecular formula is C21H18Cl2INOS. The first-order chi connectivity index (χ1) is 12.8. The van der Waals surface area contributed by atoms with Gasteiger partial charge in [-0.2, -0.15) is 0 Å². The predicted molar refractivity (Wildman–Crippen MR) is 123 cm³/mol. The lowest BCUT2D eigenvalue weighted by Gasteiger charge is -2.39. The number of rotatable bonds is 4. The molecule has 3 rings (SSSR count). The molecule has 140 valence electrons. The number of nitrogens with zero attached hydrogens (tertiary/aromatic N) is 1. The van der Waals surface area contributed by atoms with Crippen LogP contribution in [0, 0.1) is 18.3 Å². The largest absolute Gasteiger partial charge is 0.296 e. The molecule has 1 heterocycles. The van der Waals surface area contributed by atoms with E-state index >= 15 is 0 Å². The third-order valence-electron chi connectivity index (χ3n) is 4.56. The lowest BCUT2D eigenvalue weighted by Crippen LogP contribution is -2.47. The number of carbonyl (C=O) groups is 1. The summed E-state index contributed by atoms with van der Waals surface area (Å²) in [7, 11) is 0. The molecule has 2 atom stereocenters. The number of carbonyl (C=O) groups excluding carboxylic acids is 1. The second-order valence-corrected chi connectivity index (χ2v) is 10.0. The minimum Gasteiger partial charge on any atom is -0.296 e. The number of terminal acetylenes is 1. The Labute approximate surface area is 188 Å². The van der Waals surface area contributed by atoms with Gasteiger partial charge < -0.3 is 0 Å². The van der Waals surface area contributed by atoms with Crippen molar-refractivity contribution < 1.29 is 4.79 Å². The minimum atomic E-state index is -0.737. The second kappa shape index (κ2) is 8.24. The summed E-state index contributed by atoms with van der Waals surface area (Å²) >= 11 is 16.0. The molecule has 0 N–H and O–H groups in total. The lowest BCUT2D eigenvalue weighted by molar-refractivity contribution is -0.131. The third-order valence-corrected chi connectivity index (χ3v) is 7.99. The van der Waals surface area contributed by atoms with Gasteiger partial charge in [0, 0.05) is 10.0 Å². The van der Waals surface area contributed by atoms with Crippen molar-refractivity contribution in [2.75, 3.05) is 0 Å². The van der Waals surface area contributed by atoms with E-state index in [0.29, 0.717) is 10.0 Å². The Morgan fingerprint density at radius 1 is 1.07 bits per heavy atom. The average Bonchev–Trinajstić information content (AvgIpc) is 2.96. The van der Waals surface area contributed by atoms with Gasteiger partial charge in [0.05, 0.1) is 5.25 Å². The summed E-state index contributed by atoms with van der Waals surface area (Å²) in [6.07, 6.45) is 5.76. The van der Waals surface area contributed by atoms with Gasteiger partial charge in [-0.05, 0) is 63.9 Å². The molecule has 6 heteroatoms. The van der Waals surface area contributed by atoms with Crippen molar-refractivity contribution in [3.8, 4) is 12.3 Å². The molecule has 0 spiro atoms.